The number of rotatable bonds is 4. The highest BCUT2D eigenvalue weighted by Crippen LogP contribution is 2.25. The van der Waals surface area contributed by atoms with E-state index in [-0.39, 0.29) is 6.04 Å². The molecule has 2 aromatic carbocycles. The number of nitrogens with zero attached hydrogens (tertiary/aromatic N) is 2. The molecule has 0 spiro atoms. The lowest BCUT2D eigenvalue weighted by atomic mass is 10.0. The van der Waals surface area contributed by atoms with Crippen molar-refractivity contribution in [3.63, 3.8) is 0 Å². The number of fused-ring (bicyclic) bond motifs is 1. The van der Waals surface area contributed by atoms with Crippen LogP contribution in [0.25, 0.3) is 16.7 Å². The lowest BCUT2D eigenvalue weighted by molar-refractivity contribution is 0.644. The van der Waals surface area contributed by atoms with Gasteiger partial charge in [-0.1, -0.05) is 35.0 Å². The topological polar surface area (TPSA) is 43.8 Å². The summed E-state index contributed by atoms with van der Waals surface area (Å²) in [6.45, 7) is 2.12. The van der Waals surface area contributed by atoms with E-state index in [0.29, 0.717) is 0 Å². The van der Waals surface area contributed by atoms with Crippen LogP contribution in [-0.2, 0) is 6.42 Å². The highest BCUT2D eigenvalue weighted by atomic mass is 79.9. The molecule has 0 aliphatic heterocycles. The van der Waals surface area contributed by atoms with Crippen molar-refractivity contribution in [3.8, 4) is 5.69 Å². The van der Waals surface area contributed by atoms with Crippen molar-refractivity contribution in [2.75, 3.05) is 0 Å². The number of nitrogens with two attached hydrogens (primary N) is 1. The van der Waals surface area contributed by atoms with E-state index in [1.165, 1.54) is 5.56 Å². The molecule has 3 nitrogen and oxygen atoms in total. The highest BCUT2D eigenvalue weighted by molar-refractivity contribution is 9.10. The van der Waals surface area contributed by atoms with Crippen LogP contribution in [0.3, 0.4) is 0 Å². The Bertz CT molecular complexity index is 764. The minimum Gasteiger partial charge on any atom is -0.327 e. The Morgan fingerprint density at radius 1 is 1.24 bits per heavy atom. The third kappa shape index (κ3) is 2.87. The lowest BCUT2D eigenvalue weighted by Gasteiger charge is -2.15. The van der Waals surface area contributed by atoms with E-state index in [1.807, 2.05) is 24.5 Å². The molecule has 0 aliphatic carbocycles. The summed E-state index contributed by atoms with van der Waals surface area (Å²) in [5, 5.41) is 0. The summed E-state index contributed by atoms with van der Waals surface area (Å²) >= 11 is 3.56. The van der Waals surface area contributed by atoms with Crippen LogP contribution in [0, 0.1) is 0 Å². The molecule has 0 amide bonds. The van der Waals surface area contributed by atoms with Crippen LogP contribution in [-0.4, -0.2) is 15.6 Å². The van der Waals surface area contributed by atoms with Gasteiger partial charge < -0.3 is 5.73 Å². The minimum atomic E-state index is 0.174. The van der Waals surface area contributed by atoms with Crippen molar-refractivity contribution in [3.05, 3.63) is 58.8 Å². The smallest absolute Gasteiger partial charge is 0.100 e. The fourth-order valence-electron chi connectivity index (χ4n) is 2.53. The van der Waals surface area contributed by atoms with E-state index in [9.17, 15) is 0 Å². The van der Waals surface area contributed by atoms with Gasteiger partial charge in [-0.25, -0.2) is 4.98 Å². The second-order valence-electron chi connectivity index (χ2n) is 5.25. The molecular formula is C17H18BrN3. The van der Waals surface area contributed by atoms with Crippen LogP contribution in [0.15, 0.2) is 53.3 Å². The van der Waals surface area contributed by atoms with Crippen molar-refractivity contribution in [2.24, 2.45) is 5.73 Å². The van der Waals surface area contributed by atoms with Gasteiger partial charge in [0.05, 0.1) is 16.7 Å². The molecule has 4 heteroatoms. The van der Waals surface area contributed by atoms with Gasteiger partial charge in [-0.3, -0.25) is 4.57 Å². The Kier molecular flexibility index (Phi) is 4.08. The molecule has 0 saturated heterocycles. The number of para-hydroxylation sites is 2. The van der Waals surface area contributed by atoms with Crippen molar-refractivity contribution in [1.29, 1.82) is 0 Å². The lowest BCUT2D eigenvalue weighted by Crippen LogP contribution is -2.22. The summed E-state index contributed by atoms with van der Waals surface area (Å²) in [4.78, 5) is 4.48. The summed E-state index contributed by atoms with van der Waals surface area (Å²) in [5.74, 6) is 0. The normalized spacial score (nSPS) is 12.7. The summed E-state index contributed by atoms with van der Waals surface area (Å²) in [5.41, 5.74) is 10.7. The molecule has 1 unspecified atom stereocenters. The highest BCUT2D eigenvalue weighted by Gasteiger charge is 2.11. The summed E-state index contributed by atoms with van der Waals surface area (Å²) in [6, 6.07) is 14.7. The van der Waals surface area contributed by atoms with Crippen LogP contribution in [0.4, 0.5) is 0 Å². The molecule has 0 saturated carbocycles. The standard InChI is InChI=1S/C17H18BrN3/c1-2-14(19)10-12-9-13(18)7-8-16(12)21-11-20-15-5-3-4-6-17(15)21/h3-9,11,14H,2,10,19H2,1H3. The molecule has 1 aromatic heterocycles. The van der Waals surface area contributed by atoms with Gasteiger partial charge in [-0.15, -0.1) is 0 Å². The second kappa shape index (κ2) is 6.00. The van der Waals surface area contributed by atoms with Crippen LogP contribution in [0.5, 0.6) is 0 Å². The molecule has 0 radical (unpaired) electrons. The number of imidazole rings is 1. The molecule has 0 bridgehead atoms. The Morgan fingerprint density at radius 2 is 2.05 bits per heavy atom. The molecule has 1 heterocycles. The number of aromatic nitrogens is 2. The predicted octanol–water partition coefficient (Wildman–Crippen LogP) is 4.07. The first-order chi connectivity index (χ1) is 10.2. The Hall–Kier alpha value is -1.65. The monoisotopic (exact) mass is 343 g/mol. The van der Waals surface area contributed by atoms with Crippen LogP contribution >= 0.6 is 15.9 Å². The van der Waals surface area contributed by atoms with Crippen LogP contribution < -0.4 is 5.73 Å². The zero-order valence-corrected chi connectivity index (χ0v) is 13.5. The maximum Gasteiger partial charge on any atom is 0.100 e. The molecule has 1 atom stereocenters. The molecule has 3 rings (SSSR count). The van der Waals surface area contributed by atoms with E-state index >= 15 is 0 Å². The average Bonchev–Trinajstić information content (AvgIpc) is 2.91. The van der Waals surface area contributed by atoms with E-state index in [4.69, 9.17) is 5.73 Å². The zero-order valence-electron chi connectivity index (χ0n) is 12.0. The summed E-state index contributed by atoms with van der Waals surface area (Å²) < 4.78 is 3.22. The van der Waals surface area contributed by atoms with Gasteiger partial charge in [0.1, 0.15) is 6.33 Å². The van der Waals surface area contributed by atoms with Gasteiger partial charge in [-0.2, -0.15) is 0 Å². The van der Waals surface area contributed by atoms with Gasteiger partial charge in [0.25, 0.3) is 0 Å². The average molecular weight is 344 g/mol. The third-order valence-corrected chi connectivity index (χ3v) is 4.25. The zero-order chi connectivity index (χ0) is 14.8. The first-order valence-electron chi connectivity index (χ1n) is 7.15. The summed E-state index contributed by atoms with van der Waals surface area (Å²) in [7, 11) is 0. The van der Waals surface area contributed by atoms with Gasteiger partial charge >= 0.3 is 0 Å². The number of hydrogen-bond acceptors (Lipinski definition) is 2. The number of hydrogen-bond donors (Lipinski definition) is 1. The maximum absolute atomic E-state index is 6.15. The van der Waals surface area contributed by atoms with E-state index in [0.717, 1.165) is 34.0 Å². The quantitative estimate of drug-likeness (QED) is 0.775. The Balaban J connectivity index is 2.13. The van der Waals surface area contributed by atoms with Gasteiger partial charge in [0, 0.05) is 10.5 Å². The fourth-order valence-corrected chi connectivity index (χ4v) is 2.94. The molecule has 3 aromatic rings. The van der Waals surface area contributed by atoms with E-state index < -0.39 is 0 Å². The molecular weight excluding hydrogens is 326 g/mol. The summed E-state index contributed by atoms with van der Waals surface area (Å²) in [6.07, 6.45) is 3.71. The largest absolute Gasteiger partial charge is 0.327 e. The maximum atomic E-state index is 6.15. The molecule has 0 fully saturated rings. The Morgan fingerprint density at radius 3 is 2.86 bits per heavy atom. The molecule has 0 aliphatic rings. The van der Waals surface area contributed by atoms with E-state index in [2.05, 4.69) is 56.7 Å². The van der Waals surface area contributed by atoms with Crippen LogP contribution in [0.2, 0.25) is 0 Å². The Labute approximate surface area is 132 Å². The molecule has 2 N–H and O–H groups in total. The minimum absolute atomic E-state index is 0.174. The fraction of sp³-hybridized carbons (Fsp3) is 0.235. The third-order valence-electron chi connectivity index (χ3n) is 3.76. The first kappa shape index (κ1) is 14.3. The van der Waals surface area contributed by atoms with Gasteiger partial charge in [-0.05, 0) is 48.7 Å². The SMILES string of the molecule is CCC(N)Cc1cc(Br)ccc1-n1cnc2ccccc21. The number of halogens is 1. The number of benzene rings is 2. The van der Waals surface area contributed by atoms with Gasteiger partial charge in [0.15, 0.2) is 0 Å². The molecule has 108 valence electrons. The van der Waals surface area contributed by atoms with E-state index in [1.54, 1.807) is 0 Å². The first-order valence-corrected chi connectivity index (χ1v) is 7.95. The van der Waals surface area contributed by atoms with Crippen molar-refractivity contribution in [2.45, 2.75) is 25.8 Å². The second-order valence-corrected chi connectivity index (χ2v) is 6.16. The van der Waals surface area contributed by atoms with Crippen molar-refractivity contribution < 1.29 is 0 Å². The van der Waals surface area contributed by atoms with Crippen molar-refractivity contribution >= 4 is 27.0 Å². The van der Waals surface area contributed by atoms with Gasteiger partial charge in [0.2, 0.25) is 0 Å². The predicted molar refractivity (Wildman–Crippen MR) is 90.7 cm³/mol. The van der Waals surface area contributed by atoms with Crippen molar-refractivity contribution in [1.82, 2.24) is 9.55 Å². The molecule has 21 heavy (non-hydrogen) atoms. The van der Waals surface area contributed by atoms with Crippen LogP contribution in [0.1, 0.15) is 18.9 Å².